The third-order valence-corrected chi connectivity index (χ3v) is 2.24. The van der Waals surface area contributed by atoms with E-state index in [2.05, 4.69) is 10.2 Å². The number of nitrogens with zero attached hydrogens (tertiary/aromatic N) is 4. The van der Waals surface area contributed by atoms with Crippen LogP contribution in [0.25, 0.3) is 5.69 Å². The molecule has 0 aliphatic carbocycles. The summed E-state index contributed by atoms with van der Waals surface area (Å²) in [5, 5.41) is 7.96. The second kappa shape index (κ2) is 3.86. The Morgan fingerprint density at radius 3 is 2.93 bits per heavy atom. The van der Waals surface area contributed by atoms with Crippen LogP contribution in [0.2, 0.25) is 5.15 Å². The van der Waals surface area contributed by atoms with Gasteiger partial charge in [-0.2, -0.15) is 10.2 Å². The maximum Gasteiger partial charge on any atom is 0.219 e. The van der Waals surface area contributed by atoms with E-state index in [1.807, 2.05) is 13.1 Å². The van der Waals surface area contributed by atoms with Gasteiger partial charge in [-0.05, 0) is 6.92 Å². The van der Waals surface area contributed by atoms with Crippen molar-refractivity contribution in [2.75, 3.05) is 0 Å². The number of aryl methyl sites for hydroxylation is 1. The summed E-state index contributed by atoms with van der Waals surface area (Å²) >= 11 is 5.63. The van der Waals surface area contributed by atoms with Gasteiger partial charge in [-0.25, -0.2) is 4.68 Å². The van der Waals surface area contributed by atoms with Gasteiger partial charge in [0.2, 0.25) is 5.43 Å². The summed E-state index contributed by atoms with van der Waals surface area (Å²) in [6, 6.07) is 1.37. The molecule has 0 saturated carbocycles. The Morgan fingerprint density at radius 2 is 2.33 bits per heavy atom. The van der Waals surface area contributed by atoms with Gasteiger partial charge < -0.3 is 0 Å². The highest BCUT2D eigenvalue weighted by Gasteiger charge is 2.02. The predicted molar refractivity (Wildman–Crippen MR) is 56.3 cm³/mol. The molecule has 78 valence electrons. The largest absolute Gasteiger partial charge is 0.286 e. The van der Waals surface area contributed by atoms with Crippen molar-refractivity contribution in [2.45, 2.75) is 13.5 Å². The Balaban J connectivity index is 2.45. The molecule has 2 aromatic heterocycles. The van der Waals surface area contributed by atoms with Gasteiger partial charge in [0.1, 0.15) is 5.69 Å². The van der Waals surface area contributed by atoms with Crippen LogP contribution >= 0.6 is 11.6 Å². The topological polar surface area (TPSA) is 52.7 Å². The molecule has 6 heteroatoms. The molecule has 2 heterocycles. The first-order valence-electron chi connectivity index (χ1n) is 4.49. The van der Waals surface area contributed by atoms with Crippen molar-refractivity contribution < 1.29 is 0 Å². The third kappa shape index (κ3) is 1.92. The zero-order chi connectivity index (χ0) is 10.8. The molecular weight excluding hydrogens is 216 g/mol. The molecule has 0 aliphatic heterocycles. The maximum absolute atomic E-state index is 11.0. The molecule has 0 radical (unpaired) electrons. The molecule has 0 unspecified atom stereocenters. The molecule has 15 heavy (non-hydrogen) atoms. The smallest absolute Gasteiger partial charge is 0.219 e. The van der Waals surface area contributed by atoms with E-state index in [0.29, 0.717) is 0 Å². The lowest BCUT2D eigenvalue weighted by Crippen LogP contribution is -2.09. The van der Waals surface area contributed by atoms with Gasteiger partial charge in [-0.1, -0.05) is 11.6 Å². The average Bonchev–Trinajstić information content (AvgIpc) is 2.70. The second-order valence-corrected chi connectivity index (χ2v) is 3.33. The quantitative estimate of drug-likeness (QED) is 0.768. The zero-order valence-electron chi connectivity index (χ0n) is 8.09. The summed E-state index contributed by atoms with van der Waals surface area (Å²) < 4.78 is 3.28. The first-order chi connectivity index (χ1) is 7.20. The summed E-state index contributed by atoms with van der Waals surface area (Å²) in [5.74, 6) is 0. The highest BCUT2D eigenvalue weighted by atomic mass is 35.5. The van der Waals surface area contributed by atoms with Crippen LogP contribution in [-0.4, -0.2) is 19.6 Å². The second-order valence-electron chi connectivity index (χ2n) is 2.97. The van der Waals surface area contributed by atoms with Crippen LogP contribution in [0.5, 0.6) is 0 Å². The summed E-state index contributed by atoms with van der Waals surface area (Å²) in [6.07, 6.45) is 5.05. The molecule has 0 aromatic carbocycles. The van der Waals surface area contributed by atoms with Crippen molar-refractivity contribution in [3.63, 3.8) is 0 Å². The molecule has 2 aromatic rings. The van der Waals surface area contributed by atoms with E-state index < -0.39 is 0 Å². The van der Waals surface area contributed by atoms with Gasteiger partial charge in [0, 0.05) is 18.8 Å². The van der Waals surface area contributed by atoms with Crippen molar-refractivity contribution in [3.8, 4) is 5.69 Å². The van der Waals surface area contributed by atoms with E-state index in [4.69, 9.17) is 11.6 Å². The molecule has 0 amide bonds. The van der Waals surface area contributed by atoms with E-state index in [-0.39, 0.29) is 10.6 Å². The Morgan fingerprint density at radius 1 is 1.53 bits per heavy atom. The van der Waals surface area contributed by atoms with Crippen LogP contribution in [0.3, 0.4) is 0 Å². The van der Waals surface area contributed by atoms with E-state index in [0.717, 1.165) is 12.2 Å². The first kappa shape index (κ1) is 9.92. The summed E-state index contributed by atoms with van der Waals surface area (Å²) in [6.45, 7) is 2.77. The fraction of sp³-hybridized carbons (Fsp3) is 0.222. The Hall–Kier alpha value is -1.62. The number of rotatable bonds is 2. The molecule has 0 fully saturated rings. The molecule has 0 atom stereocenters. The minimum atomic E-state index is -0.282. The van der Waals surface area contributed by atoms with Crippen LogP contribution in [0.1, 0.15) is 6.92 Å². The summed E-state index contributed by atoms with van der Waals surface area (Å²) in [4.78, 5) is 11.0. The fourth-order valence-corrected chi connectivity index (χ4v) is 1.32. The molecular formula is C9H9ClN4O. The molecule has 0 spiro atoms. The molecule has 2 rings (SSSR count). The average molecular weight is 225 g/mol. The SMILES string of the molecule is CCn1cc(-n2ccc(=O)c(Cl)n2)cn1. The van der Waals surface area contributed by atoms with Gasteiger partial charge in [-0.15, -0.1) is 0 Å². The lowest BCUT2D eigenvalue weighted by Gasteiger charge is -2.00. The molecule has 5 nitrogen and oxygen atoms in total. The van der Waals surface area contributed by atoms with Gasteiger partial charge in [0.25, 0.3) is 0 Å². The van der Waals surface area contributed by atoms with Crippen LogP contribution < -0.4 is 5.43 Å². The van der Waals surface area contributed by atoms with Crippen molar-refractivity contribution in [3.05, 3.63) is 40.0 Å². The number of aromatic nitrogens is 4. The van der Waals surface area contributed by atoms with E-state index >= 15 is 0 Å². The van der Waals surface area contributed by atoms with Gasteiger partial charge >= 0.3 is 0 Å². The molecule has 0 N–H and O–H groups in total. The van der Waals surface area contributed by atoms with E-state index in [1.54, 1.807) is 17.1 Å². The highest BCUT2D eigenvalue weighted by Crippen LogP contribution is 2.04. The van der Waals surface area contributed by atoms with Crippen molar-refractivity contribution in [1.29, 1.82) is 0 Å². The van der Waals surface area contributed by atoms with Crippen molar-refractivity contribution in [1.82, 2.24) is 19.6 Å². The first-order valence-corrected chi connectivity index (χ1v) is 4.87. The Labute approximate surface area is 90.9 Å². The highest BCUT2D eigenvalue weighted by molar-refractivity contribution is 6.29. The van der Waals surface area contributed by atoms with Crippen LogP contribution in [0.15, 0.2) is 29.5 Å². The van der Waals surface area contributed by atoms with Gasteiger partial charge in [-0.3, -0.25) is 9.48 Å². The van der Waals surface area contributed by atoms with Gasteiger partial charge in [0.05, 0.1) is 12.4 Å². The predicted octanol–water partition coefficient (Wildman–Crippen LogP) is 1.10. The molecule has 0 saturated heterocycles. The Kier molecular flexibility index (Phi) is 2.55. The number of halogens is 1. The maximum atomic E-state index is 11.0. The Bertz CT molecular complexity index is 531. The van der Waals surface area contributed by atoms with Crippen molar-refractivity contribution in [2.24, 2.45) is 0 Å². The lowest BCUT2D eigenvalue weighted by atomic mass is 10.5. The van der Waals surface area contributed by atoms with E-state index in [9.17, 15) is 4.79 Å². The van der Waals surface area contributed by atoms with Gasteiger partial charge in [0.15, 0.2) is 5.15 Å². The minimum Gasteiger partial charge on any atom is -0.286 e. The molecule has 0 aliphatic rings. The standard InChI is InChI=1S/C9H9ClN4O/c1-2-13-6-7(5-11-13)14-4-3-8(15)9(10)12-14/h3-6H,2H2,1H3. The monoisotopic (exact) mass is 224 g/mol. The summed E-state index contributed by atoms with van der Waals surface area (Å²) in [5.41, 5.74) is 0.495. The lowest BCUT2D eigenvalue weighted by molar-refractivity contribution is 0.659. The number of hydrogen-bond donors (Lipinski definition) is 0. The van der Waals surface area contributed by atoms with Crippen molar-refractivity contribution >= 4 is 11.6 Å². The molecule has 0 bridgehead atoms. The normalized spacial score (nSPS) is 10.5. The van der Waals surface area contributed by atoms with Crippen LogP contribution in [0.4, 0.5) is 0 Å². The van der Waals surface area contributed by atoms with Crippen LogP contribution in [0, 0.1) is 0 Å². The number of hydrogen-bond acceptors (Lipinski definition) is 3. The third-order valence-electron chi connectivity index (χ3n) is 1.97. The fourth-order valence-electron chi connectivity index (χ4n) is 1.17. The van der Waals surface area contributed by atoms with E-state index in [1.165, 1.54) is 10.7 Å². The van der Waals surface area contributed by atoms with Crippen LogP contribution in [-0.2, 0) is 6.54 Å². The summed E-state index contributed by atoms with van der Waals surface area (Å²) in [7, 11) is 0. The minimum absolute atomic E-state index is 0.0400. The zero-order valence-corrected chi connectivity index (χ0v) is 8.85.